The van der Waals surface area contributed by atoms with Crippen molar-refractivity contribution in [1.82, 2.24) is 14.5 Å². The summed E-state index contributed by atoms with van der Waals surface area (Å²) in [5.74, 6) is -0.310. The van der Waals surface area contributed by atoms with Crippen molar-refractivity contribution in [2.24, 2.45) is 0 Å². The maximum absolute atomic E-state index is 11.7. The van der Waals surface area contributed by atoms with Crippen LogP contribution in [0.3, 0.4) is 0 Å². The van der Waals surface area contributed by atoms with E-state index in [2.05, 4.69) is 15.1 Å². The van der Waals surface area contributed by atoms with Crippen molar-refractivity contribution in [3.8, 4) is 5.69 Å². The Bertz CT molecular complexity index is 773. The standard InChI is InChI=1S/C13H15ClN4O3S/c1-22(20,21)16-7-6-13(19)17-10-8-15-18(9-10)12-5-3-2-4-11(12)14/h2-5,8-9,16H,6-7H2,1H3,(H,17,19). The van der Waals surface area contributed by atoms with Crippen LogP contribution >= 0.6 is 11.6 Å². The highest BCUT2D eigenvalue weighted by atomic mass is 35.5. The van der Waals surface area contributed by atoms with E-state index in [4.69, 9.17) is 11.6 Å². The van der Waals surface area contributed by atoms with Crippen LogP contribution in [0.5, 0.6) is 0 Å². The van der Waals surface area contributed by atoms with Crippen molar-refractivity contribution < 1.29 is 13.2 Å². The molecule has 0 bridgehead atoms. The van der Waals surface area contributed by atoms with Crippen molar-refractivity contribution >= 4 is 33.2 Å². The molecule has 1 aromatic heterocycles. The number of nitrogens with zero attached hydrogens (tertiary/aromatic N) is 2. The van der Waals surface area contributed by atoms with Crippen LogP contribution in [-0.4, -0.2) is 36.9 Å². The van der Waals surface area contributed by atoms with Gasteiger partial charge in [-0.1, -0.05) is 23.7 Å². The Labute approximate surface area is 133 Å². The van der Waals surface area contributed by atoms with Crippen LogP contribution in [0.4, 0.5) is 5.69 Å². The Hall–Kier alpha value is -1.90. The highest BCUT2D eigenvalue weighted by molar-refractivity contribution is 7.88. The monoisotopic (exact) mass is 342 g/mol. The molecule has 0 spiro atoms. The summed E-state index contributed by atoms with van der Waals surface area (Å²) in [6, 6.07) is 7.19. The SMILES string of the molecule is CS(=O)(=O)NCCC(=O)Nc1cnn(-c2ccccc2Cl)c1. The first-order chi connectivity index (χ1) is 10.3. The molecule has 0 saturated carbocycles. The first kappa shape index (κ1) is 16.5. The molecular formula is C13H15ClN4O3S. The quantitative estimate of drug-likeness (QED) is 0.830. The topological polar surface area (TPSA) is 93.1 Å². The molecule has 0 fully saturated rings. The third-order valence-corrected chi connectivity index (χ3v) is 3.73. The van der Waals surface area contributed by atoms with E-state index in [-0.39, 0.29) is 18.9 Å². The van der Waals surface area contributed by atoms with E-state index in [1.54, 1.807) is 23.0 Å². The molecule has 0 atom stereocenters. The predicted octanol–water partition coefficient (Wildman–Crippen LogP) is 1.40. The lowest BCUT2D eigenvalue weighted by Gasteiger charge is -2.04. The zero-order valence-corrected chi connectivity index (χ0v) is 13.4. The van der Waals surface area contributed by atoms with Crippen molar-refractivity contribution in [3.05, 3.63) is 41.7 Å². The first-order valence-corrected chi connectivity index (χ1v) is 8.66. The summed E-state index contributed by atoms with van der Waals surface area (Å²) < 4.78 is 25.6. The van der Waals surface area contributed by atoms with Gasteiger partial charge in [0.2, 0.25) is 15.9 Å². The van der Waals surface area contributed by atoms with Gasteiger partial charge < -0.3 is 5.32 Å². The second-order valence-corrected chi connectivity index (χ2v) is 6.83. The number of aromatic nitrogens is 2. The van der Waals surface area contributed by atoms with Gasteiger partial charge in [-0.25, -0.2) is 17.8 Å². The van der Waals surface area contributed by atoms with Crippen LogP contribution in [0.25, 0.3) is 5.69 Å². The first-order valence-electron chi connectivity index (χ1n) is 6.39. The maximum Gasteiger partial charge on any atom is 0.225 e. The Morgan fingerprint density at radius 1 is 1.36 bits per heavy atom. The van der Waals surface area contributed by atoms with Gasteiger partial charge in [-0.05, 0) is 12.1 Å². The van der Waals surface area contributed by atoms with E-state index in [1.807, 2.05) is 12.1 Å². The van der Waals surface area contributed by atoms with Gasteiger partial charge >= 0.3 is 0 Å². The van der Waals surface area contributed by atoms with Gasteiger partial charge in [-0.2, -0.15) is 5.10 Å². The van der Waals surface area contributed by atoms with E-state index >= 15 is 0 Å². The second-order valence-electron chi connectivity index (χ2n) is 4.59. The number of rotatable bonds is 6. The van der Waals surface area contributed by atoms with Gasteiger partial charge in [0, 0.05) is 13.0 Å². The molecule has 0 aliphatic heterocycles. The van der Waals surface area contributed by atoms with Crippen molar-refractivity contribution in [2.45, 2.75) is 6.42 Å². The molecule has 0 saturated heterocycles. The lowest BCUT2D eigenvalue weighted by atomic mass is 10.3. The molecular weight excluding hydrogens is 328 g/mol. The molecule has 1 amide bonds. The maximum atomic E-state index is 11.7. The van der Waals surface area contributed by atoms with Crippen LogP contribution in [-0.2, 0) is 14.8 Å². The number of sulfonamides is 1. The second kappa shape index (κ2) is 6.91. The number of hydrogen-bond donors (Lipinski definition) is 2. The number of anilines is 1. The number of nitrogens with one attached hydrogen (secondary N) is 2. The lowest BCUT2D eigenvalue weighted by molar-refractivity contribution is -0.116. The summed E-state index contributed by atoms with van der Waals surface area (Å²) in [6.45, 7) is 0.0450. The summed E-state index contributed by atoms with van der Waals surface area (Å²) in [5.41, 5.74) is 1.20. The normalized spacial score (nSPS) is 11.4. The zero-order valence-electron chi connectivity index (χ0n) is 11.8. The Kier molecular flexibility index (Phi) is 5.17. The molecule has 0 aliphatic carbocycles. The summed E-state index contributed by atoms with van der Waals surface area (Å²) >= 11 is 6.07. The molecule has 2 N–H and O–H groups in total. The molecule has 0 radical (unpaired) electrons. The van der Waals surface area contributed by atoms with Crippen LogP contribution in [0.2, 0.25) is 5.02 Å². The lowest BCUT2D eigenvalue weighted by Crippen LogP contribution is -2.26. The van der Waals surface area contributed by atoms with E-state index in [9.17, 15) is 13.2 Å². The predicted molar refractivity (Wildman–Crippen MR) is 84.7 cm³/mol. The van der Waals surface area contributed by atoms with Crippen molar-refractivity contribution in [3.63, 3.8) is 0 Å². The number of carbonyl (C=O) groups is 1. The Morgan fingerprint density at radius 2 is 2.09 bits per heavy atom. The van der Waals surface area contributed by atoms with Gasteiger partial charge in [0.15, 0.2) is 0 Å². The third-order valence-electron chi connectivity index (χ3n) is 2.68. The molecule has 22 heavy (non-hydrogen) atoms. The molecule has 0 aliphatic rings. The summed E-state index contributed by atoms with van der Waals surface area (Å²) in [6.07, 6.45) is 4.19. The fourth-order valence-electron chi connectivity index (χ4n) is 1.73. The minimum Gasteiger partial charge on any atom is -0.323 e. The van der Waals surface area contributed by atoms with E-state index in [0.717, 1.165) is 6.26 Å². The van der Waals surface area contributed by atoms with Crippen LogP contribution in [0.15, 0.2) is 36.7 Å². The number of hydrogen-bond acceptors (Lipinski definition) is 4. The van der Waals surface area contributed by atoms with Gasteiger partial charge in [0.1, 0.15) is 0 Å². The number of halogens is 1. The molecule has 0 unspecified atom stereocenters. The minimum atomic E-state index is -3.29. The fraction of sp³-hybridized carbons (Fsp3) is 0.231. The van der Waals surface area contributed by atoms with Crippen LogP contribution in [0.1, 0.15) is 6.42 Å². The van der Waals surface area contributed by atoms with Gasteiger partial charge in [0.05, 0.1) is 35.0 Å². The van der Waals surface area contributed by atoms with Gasteiger partial charge in [-0.15, -0.1) is 0 Å². The largest absolute Gasteiger partial charge is 0.323 e. The molecule has 1 aromatic carbocycles. The van der Waals surface area contributed by atoms with Gasteiger partial charge in [-0.3, -0.25) is 4.79 Å². The summed E-state index contributed by atoms with van der Waals surface area (Å²) in [7, 11) is -3.29. The minimum absolute atomic E-state index is 0.0321. The summed E-state index contributed by atoms with van der Waals surface area (Å²) in [5, 5.41) is 7.31. The molecule has 118 valence electrons. The average molecular weight is 343 g/mol. The molecule has 7 nitrogen and oxygen atoms in total. The number of para-hydroxylation sites is 1. The Morgan fingerprint density at radius 3 is 2.77 bits per heavy atom. The van der Waals surface area contributed by atoms with Crippen molar-refractivity contribution in [1.29, 1.82) is 0 Å². The van der Waals surface area contributed by atoms with E-state index < -0.39 is 10.0 Å². The highest BCUT2D eigenvalue weighted by Crippen LogP contribution is 2.20. The highest BCUT2D eigenvalue weighted by Gasteiger charge is 2.08. The van der Waals surface area contributed by atoms with E-state index in [0.29, 0.717) is 16.4 Å². The number of benzene rings is 1. The van der Waals surface area contributed by atoms with Crippen molar-refractivity contribution in [2.75, 3.05) is 18.1 Å². The van der Waals surface area contributed by atoms with Crippen LogP contribution < -0.4 is 10.0 Å². The number of carbonyl (C=O) groups excluding carboxylic acids is 1. The number of amides is 1. The Balaban J connectivity index is 1.95. The van der Waals surface area contributed by atoms with Crippen LogP contribution in [0, 0.1) is 0 Å². The summed E-state index contributed by atoms with van der Waals surface area (Å²) in [4.78, 5) is 11.7. The zero-order chi connectivity index (χ0) is 16.2. The molecule has 1 heterocycles. The fourth-order valence-corrected chi connectivity index (χ4v) is 2.43. The average Bonchev–Trinajstić information content (AvgIpc) is 2.86. The molecule has 2 aromatic rings. The smallest absolute Gasteiger partial charge is 0.225 e. The molecule has 9 heteroatoms. The third kappa shape index (κ3) is 4.83. The molecule has 2 rings (SSSR count). The van der Waals surface area contributed by atoms with Gasteiger partial charge in [0.25, 0.3) is 0 Å². The van der Waals surface area contributed by atoms with E-state index in [1.165, 1.54) is 6.20 Å².